The number of nitrogens with two attached hydrogens (primary N) is 1. The standard InChI is InChI=1S/C9H12N6O/c1-2-3-5-7(10)12-8(13-9(5)16)6-4-11-15-14-6/h4H,2-3H2,1H3,(H,11,14,15)(H3,10,12,13,16). The van der Waals surface area contributed by atoms with Crippen molar-refractivity contribution in [2.45, 2.75) is 19.8 Å². The first-order chi connectivity index (χ1) is 7.72. The second-order valence-corrected chi connectivity index (χ2v) is 3.38. The van der Waals surface area contributed by atoms with E-state index in [1.165, 1.54) is 6.20 Å². The SMILES string of the molecule is CCCc1c(N)nc(-c2cn[nH]n2)[nH]c1=O. The van der Waals surface area contributed by atoms with Crippen LogP contribution in [0.3, 0.4) is 0 Å². The van der Waals surface area contributed by atoms with E-state index >= 15 is 0 Å². The van der Waals surface area contributed by atoms with Crippen LogP contribution in [0.25, 0.3) is 11.5 Å². The number of nitrogens with one attached hydrogen (secondary N) is 2. The van der Waals surface area contributed by atoms with E-state index in [4.69, 9.17) is 5.73 Å². The summed E-state index contributed by atoms with van der Waals surface area (Å²) in [6.45, 7) is 1.98. The number of nitrogens with zero attached hydrogens (tertiary/aromatic N) is 3. The molecule has 0 saturated carbocycles. The van der Waals surface area contributed by atoms with Crippen LogP contribution in [0.4, 0.5) is 5.82 Å². The number of hydrogen-bond acceptors (Lipinski definition) is 5. The molecule has 2 rings (SSSR count). The molecule has 2 aromatic heterocycles. The monoisotopic (exact) mass is 220 g/mol. The number of anilines is 1. The molecule has 7 heteroatoms. The fraction of sp³-hybridized carbons (Fsp3) is 0.333. The molecule has 2 heterocycles. The maximum absolute atomic E-state index is 11.7. The van der Waals surface area contributed by atoms with E-state index < -0.39 is 0 Å². The van der Waals surface area contributed by atoms with Gasteiger partial charge in [-0.15, -0.1) is 0 Å². The highest BCUT2D eigenvalue weighted by atomic mass is 16.1. The third kappa shape index (κ3) is 1.79. The molecule has 0 aromatic carbocycles. The number of aromatic nitrogens is 5. The van der Waals surface area contributed by atoms with Gasteiger partial charge in [-0.25, -0.2) is 4.98 Å². The average Bonchev–Trinajstić information content (AvgIpc) is 2.76. The van der Waals surface area contributed by atoms with Gasteiger partial charge in [0.25, 0.3) is 5.56 Å². The van der Waals surface area contributed by atoms with Crippen LogP contribution in [0.2, 0.25) is 0 Å². The molecular weight excluding hydrogens is 208 g/mol. The summed E-state index contributed by atoms with van der Waals surface area (Å²) in [7, 11) is 0. The van der Waals surface area contributed by atoms with E-state index in [2.05, 4.69) is 25.4 Å². The lowest BCUT2D eigenvalue weighted by Crippen LogP contribution is -2.18. The van der Waals surface area contributed by atoms with Gasteiger partial charge in [-0.05, 0) is 6.42 Å². The van der Waals surface area contributed by atoms with Crippen molar-refractivity contribution in [3.63, 3.8) is 0 Å². The molecule has 7 nitrogen and oxygen atoms in total. The summed E-state index contributed by atoms with van der Waals surface area (Å²) in [6, 6.07) is 0. The Morgan fingerprint density at radius 2 is 2.31 bits per heavy atom. The van der Waals surface area contributed by atoms with Gasteiger partial charge in [0.15, 0.2) is 5.82 Å². The molecule has 2 aromatic rings. The van der Waals surface area contributed by atoms with Crippen LogP contribution in [-0.4, -0.2) is 25.4 Å². The zero-order valence-electron chi connectivity index (χ0n) is 8.82. The van der Waals surface area contributed by atoms with E-state index in [0.29, 0.717) is 23.5 Å². The van der Waals surface area contributed by atoms with Crippen LogP contribution in [0, 0.1) is 0 Å². The Morgan fingerprint density at radius 3 is 2.88 bits per heavy atom. The minimum Gasteiger partial charge on any atom is -0.383 e. The summed E-state index contributed by atoms with van der Waals surface area (Å²) in [6.07, 6.45) is 2.93. The molecule has 0 radical (unpaired) electrons. The number of nitrogen functional groups attached to an aromatic ring is 1. The van der Waals surface area contributed by atoms with Gasteiger partial charge in [0.05, 0.1) is 11.8 Å². The molecule has 0 amide bonds. The first kappa shape index (κ1) is 10.3. The average molecular weight is 220 g/mol. The van der Waals surface area contributed by atoms with Crippen molar-refractivity contribution in [1.82, 2.24) is 25.4 Å². The number of hydrogen-bond donors (Lipinski definition) is 3. The van der Waals surface area contributed by atoms with E-state index in [1.54, 1.807) is 0 Å². The number of aromatic amines is 2. The Labute approximate surface area is 91.1 Å². The van der Waals surface area contributed by atoms with Crippen LogP contribution in [0.5, 0.6) is 0 Å². The van der Waals surface area contributed by atoms with Gasteiger partial charge in [0.1, 0.15) is 11.5 Å². The zero-order valence-corrected chi connectivity index (χ0v) is 8.82. The Morgan fingerprint density at radius 1 is 1.50 bits per heavy atom. The van der Waals surface area contributed by atoms with Gasteiger partial charge < -0.3 is 10.7 Å². The second-order valence-electron chi connectivity index (χ2n) is 3.38. The number of rotatable bonds is 3. The Hall–Kier alpha value is -2.18. The maximum Gasteiger partial charge on any atom is 0.256 e. The molecule has 0 saturated heterocycles. The first-order valence-corrected chi connectivity index (χ1v) is 4.97. The van der Waals surface area contributed by atoms with Gasteiger partial charge in [0, 0.05) is 0 Å². The molecule has 16 heavy (non-hydrogen) atoms. The topological polar surface area (TPSA) is 113 Å². The van der Waals surface area contributed by atoms with Crippen LogP contribution in [-0.2, 0) is 6.42 Å². The molecule has 0 aliphatic rings. The normalized spacial score (nSPS) is 10.6. The van der Waals surface area contributed by atoms with Gasteiger partial charge >= 0.3 is 0 Å². The Kier molecular flexibility index (Phi) is 2.67. The van der Waals surface area contributed by atoms with Crippen molar-refractivity contribution >= 4 is 5.82 Å². The van der Waals surface area contributed by atoms with E-state index in [1.807, 2.05) is 6.92 Å². The fourth-order valence-corrected chi connectivity index (χ4v) is 1.44. The molecule has 84 valence electrons. The summed E-state index contributed by atoms with van der Waals surface area (Å²) in [5.41, 5.74) is 6.50. The molecule has 0 fully saturated rings. The third-order valence-corrected chi connectivity index (χ3v) is 2.21. The lowest BCUT2D eigenvalue weighted by atomic mass is 10.2. The van der Waals surface area contributed by atoms with Crippen molar-refractivity contribution in [2.24, 2.45) is 0 Å². The summed E-state index contributed by atoms with van der Waals surface area (Å²) in [5, 5.41) is 9.90. The lowest BCUT2D eigenvalue weighted by Gasteiger charge is -2.03. The molecule has 4 N–H and O–H groups in total. The maximum atomic E-state index is 11.7. The van der Waals surface area contributed by atoms with Crippen molar-refractivity contribution in [1.29, 1.82) is 0 Å². The third-order valence-electron chi connectivity index (χ3n) is 2.21. The predicted octanol–water partition coefficient (Wildman–Crippen LogP) is 0.0897. The largest absolute Gasteiger partial charge is 0.383 e. The Bertz CT molecular complexity index is 529. The smallest absolute Gasteiger partial charge is 0.256 e. The summed E-state index contributed by atoms with van der Waals surface area (Å²) in [4.78, 5) is 18.4. The zero-order chi connectivity index (χ0) is 11.5. The predicted molar refractivity (Wildman–Crippen MR) is 58.6 cm³/mol. The summed E-state index contributed by atoms with van der Waals surface area (Å²) >= 11 is 0. The van der Waals surface area contributed by atoms with Gasteiger partial charge in [-0.1, -0.05) is 13.3 Å². The lowest BCUT2D eigenvalue weighted by molar-refractivity contribution is 0.889. The highest BCUT2D eigenvalue weighted by Gasteiger charge is 2.10. The highest BCUT2D eigenvalue weighted by Crippen LogP contribution is 2.12. The van der Waals surface area contributed by atoms with Crippen LogP contribution < -0.4 is 11.3 Å². The van der Waals surface area contributed by atoms with Crippen LogP contribution in [0.1, 0.15) is 18.9 Å². The first-order valence-electron chi connectivity index (χ1n) is 4.97. The van der Waals surface area contributed by atoms with Crippen molar-refractivity contribution in [3.8, 4) is 11.5 Å². The molecule has 0 unspecified atom stereocenters. The quantitative estimate of drug-likeness (QED) is 0.678. The molecular formula is C9H12N6O. The minimum absolute atomic E-state index is 0.215. The van der Waals surface area contributed by atoms with Crippen molar-refractivity contribution < 1.29 is 0 Å². The molecule has 0 aliphatic carbocycles. The van der Waals surface area contributed by atoms with E-state index in [-0.39, 0.29) is 11.4 Å². The van der Waals surface area contributed by atoms with Crippen LogP contribution in [0.15, 0.2) is 11.0 Å². The minimum atomic E-state index is -0.215. The van der Waals surface area contributed by atoms with Crippen LogP contribution >= 0.6 is 0 Å². The number of H-pyrrole nitrogens is 2. The van der Waals surface area contributed by atoms with Crippen molar-refractivity contribution in [2.75, 3.05) is 5.73 Å². The summed E-state index contributed by atoms with van der Waals surface area (Å²) in [5.74, 6) is 0.583. The van der Waals surface area contributed by atoms with Gasteiger partial charge in [-0.3, -0.25) is 4.79 Å². The summed E-state index contributed by atoms with van der Waals surface area (Å²) < 4.78 is 0. The Balaban J connectivity index is 2.49. The van der Waals surface area contributed by atoms with Gasteiger partial charge in [0.2, 0.25) is 0 Å². The fourth-order valence-electron chi connectivity index (χ4n) is 1.44. The molecule has 0 spiro atoms. The van der Waals surface area contributed by atoms with Crippen molar-refractivity contribution in [3.05, 3.63) is 22.1 Å². The van der Waals surface area contributed by atoms with Gasteiger partial charge in [-0.2, -0.15) is 15.4 Å². The van der Waals surface area contributed by atoms with E-state index in [0.717, 1.165) is 6.42 Å². The molecule has 0 bridgehead atoms. The molecule has 0 aliphatic heterocycles. The second kappa shape index (κ2) is 4.13. The molecule has 0 atom stereocenters. The highest BCUT2D eigenvalue weighted by molar-refractivity contribution is 5.51. The van der Waals surface area contributed by atoms with E-state index in [9.17, 15) is 4.79 Å².